The van der Waals surface area contributed by atoms with Gasteiger partial charge < -0.3 is 14.9 Å². The zero-order valence-electron chi connectivity index (χ0n) is 15.6. The van der Waals surface area contributed by atoms with E-state index in [1.807, 2.05) is 13.0 Å². The summed E-state index contributed by atoms with van der Waals surface area (Å²) in [5, 5.41) is 8.83. The first-order chi connectivity index (χ1) is 11.5. The summed E-state index contributed by atoms with van der Waals surface area (Å²) in [4.78, 5) is 28.8. The molecule has 0 radical (unpaired) electrons. The minimum Gasteiger partial charge on any atom is -0.481 e. The van der Waals surface area contributed by atoms with Crippen molar-refractivity contribution in [1.29, 1.82) is 0 Å². The normalized spacial score (nSPS) is 14.6. The van der Waals surface area contributed by atoms with Gasteiger partial charge in [-0.1, -0.05) is 47.1 Å². The number of aliphatic carboxylic acids is 1. The van der Waals surface area contributed by atoms with Crippen molar-refractivity contribution in [2.75, 3.05) is 0 Å². The lowest BCUT2D eigenvalue weighted by Crippen LogP contribution is -2.19. The molecule has 0 amide bonds. The van der Waals surface area contributed by atoms with Gasteiger partial charge in [0.15, 0.2) is 5.66 Å². The van der Waals surface area contributed by atoms with Crippen LogP contribution < -0.4 is 0 Å². The average Bonchev–Trinajstić information content (AvgIpc) is 2.44. The fraction of sp³-hybridized carbons (Fsp3) is 0.526. The predicted molar refractivity (Wildman–Crippen MR) is 103 cm³/mol. The molecule has 0 aliphatic heterocycles. The van der Waals surface area contributed by atoms with Crippen LogP contribution in [0.3, 0.4) is 0 Å². The molecule has 0 saturated heterocycles. The number of hydrogen-bond acceptors (Lipinski definition) is 2. The van der Waals surface area contributed by atoms with Gasteiger partial charge in [-0.05, 0) is 59.8 Å². The van der Waals surface area contributed by atoms with Gasteiger partial charge in [-0.15, -0.1) is 0 Å². The Morgan fingerprint density at radius 1 is 1.00 bits per heavy atom. The highest BCUT2D eigenvalue weighted by Crippen LogP contribution is 2.43. The summed E-state index contributed by atoms with van der Waals surface area (Å²) in [6.45, 7) is 8.30. The van der Waals surface area contributed by atoms with Crippen LogP contribution in [-0.4, -0.2) is 26.5 Å². The van der Waals surface area contributed by atoms with E-state index in [-0.39, 0.29) is 6.42 Å². The Bertz CT molecular complexity index is 589. The highest BCUT2D eigenvalue weighted by molar-refractivity contribution is 7.53. The maximum atomic E-state index is 11.1. The number of allylic oxidation sites excluding steroid dienone is 8. The van der Waals surface area contributed by atoms with Crippen LogP contribution in [0.2, 0.25) is 0 Å². The number of hydrogen-bond donors (Lipinski definition) is 3. The summed E-state index contributed by atoms with van der Waals surface area (Å²) in [6.07, 6.45) is 13.2. The van der Waals surface area contributed by atoms with Gasteiger partial charge >= 0.3 is 13.6 Å². The Labute approximate surface area is 151 Å². The standard InChI is InChI=1S/C19H31O5P/c1-15(2)9-7-11-17(4)13-8-12-16(3)10-5-6-14-18(19(20)21)25(22,23)24/h5-6,9-10,13,18H,7-8,11-12,14H2,1-4H3,(H,20,21)(H2,22,23,24)/b6-5+,16-10+,17-13+. The highest BCUT2D eigenvalue weighted by atomic mass is 31.2. The van der Waals surface area contributed by atoms with Gasteiger partial charge in [0.1, 0.15) is 0 Å². The van der Waals surface area contributed by atoms with Crippen LogP contribution in [0.1, 0.15) is 59.8 Å². The third-order valence-corrected chi connectivity index (χ3v) is 4.93. The zero-order chi connectivity index (χ0) is 19.5. The van der Waals surface area contributed by atoms with Crippen LogP contribution in [0.4, 0.5) is 0 Å². The van der Waals surface area contributed by atoms with Crippen LogP contribution in [0.25, 0.3) is 0 Å². The van der Waals surface area contributed by atoms with Gasteiger partial charge in [0, 0.05) is 0 Å². The number of carbonyl (C=O) groups is 1. The molecule has 0 rings (SSSR count). The molecule has 0 aromatic carbocycles. The minimum atomic E-state index is -4.62. The molecule has 0 heterocycles. The van der Waals surface area contributed by atoms with Crippen LogP contribution in [0.15, 0.2) is 47.1 Å². The van der Waals surface area contributed by atoms with Gasteiger partial charge in [-0.2, -0.15) is 0 Å². The summed E-state index contributed by atoms with van der Waals surface area (Å²) in [5.41, 5.74) is 2.16. The van der Waals surface area contributed by atoms with Gasteiger partial charge in [0.05, 0.1) is 0 Å². The summed E-state index contributed by atoms with van der Waals surface area (Å²) >= 11 is 0. The van der Waals surface area contributed by atoms with E-state index in [0.717, 1.165) is 31.3 Å². The molecule has 25 heavy (non-hydrogen) atoms. The third kappa shape index (κ3) is 12.6. The molecule has 0 aromatic heterocycles. The monoisotopic (exact) mass is 370 g/mol. The van der Waals surface area contributed by atoms with Crippen molar-refractivity contribution in [2.45, 2.75) is 65.5 Å². The molecule has 0 spiro atoms. The Morgan fingerprint density at radius 3 is 2.08 bits per heavy atom. The molecule has 1 unspecified atom stereocenters. The van der Waals surface area contributed by atoms with Crippen molar-refractivity contribution in [1.82, 2.24) is 0 Å². The first kappa shape index (κ1) is 23.6. The third-order valence-electron chi connectivity index (χ3n) is 3.69. The molecule has 0 fully saturated rings. The fourth-order valence-corrected chi connectivity index (χ4v) is 2.83. The lowest BCUT2D eigenvalue weighted by molar-refractivity contribution is -0.136. The van der Waals surface area contributed by atoms with E-state index in [1.165, 1.54) is 17.2 Å². The van der Waals surface area contributed by atoms with Gasteiger partial charge in [-0.25, -0.2) is 0 Å². The van der Waals surface area contributed by atoms with Crippen molar-refractivity contribution < 1.29 is 24.3 Å². The van der Waals surface area contributed by atoms with E-state index in [9.17, 15) is 9.36 Å². The molecule has 6 heteroatoms. The van der Waals surface area contributed by atoms with Gasteiger partial charge in [0.2, 0.25) is 0 Å². The molecule has 3 N–H and O–H groups in total. The summed E-state index contributed by atoms with van der Waals surface area (Å²) in [6, 6.07) is 0. The van der Waals surface area contributed by atoms with E-state index in [0.29, 0.717) is 0 Å². The van der Waals surface area contributed by atoms with Crippen molar-refractivity contribution >= 4 is 13.6 Å². The molecule has 0 aliphatic rings. The Kier molecular flexibility index (Phi) is 11.3. The van der Waals surface area contributed by atoms with Crippen molar-refractivity contribution in [2.24, 2.45) is 0 Å². The number of carboxylic acid groups (broad SMARTS) is 1. The van der Waals surface area contributed by atoms with Gasteiger partial charge in [0.25, 0.3) is 0 Å². The number of carboxylic acids is 1. The molecular weight excluding hydrogens is 339 g/mol. The SMILES string of the molecule is CC(C)=CCC/C(C)=C/CC/C(C)=C/C=C/CC(C(=O)O)P(=O)(O)O. The first-order valence-electron chi connectivity index (χ1n) is 8.43. The molecule has 0 aliphatic carbocycles. The molecule has 1 atom stereocenters. The van der Waals surface area contributed by atoms with E-state index >= 15 is 0 Å². The number of rotatable bonds is 11. The van der Waals surface area contributed by atoms with E-state index in [1.54, 1.807) is 6.08 Å². The second-order valence-electron chi connectivity index (χ2n) is 6.53. The van der Waals surface area contributed by atoms with Gasteiger partial charge in [-0.3, -0.25) is 9.36 Å². The van der Waals surface area contributed by atoms with Crippen molar-refractivity contribution in [3.05, 3.63) is 47.1 Å². The molecule has 0 aromatic rings. The maximum Gasteiger partial charge on any atom is 0.340 e. The molecule has 0 bridgehead atoms. The van der Waals surface area contributed by atoms with Crippen molar-refractivity contribution in [3.8, 4) is 0 Å². The molecule has 5 nitrogen and oxygen atoms in total. The lowest BCUT2D eigenvalue weighted by atomic mass is 10.1. The molecule has 142 valence electrons. The van der Waals surface area contributed by atoms with Crippen LogP contribution in [0.5, 0.6) is 0 Å². The Hall–Kier alpha value is -1.42. The second kappa shape index (κ2) is 12.0. The average molecular weight is 370 g/mol. The van der Waals surface area contributed by atoms with Crippen LogP contribution in [-0.2, 0) is 9.36 Å². The highest BCUT2D eigenvalue weighted by Gasteiger charge is 2.34. The summed E-state index contributed by atoms with van der Waals surface area (Å²) < 4.78 is 11.1. The van der Waals surface area contributed by atoms with E-state index in [2.05, 4.69) is 32.9 Å². The Balaban J connectivity index is 4.35. The minimum absolute atomic E-state index is 0.188. The lowest BCUT2D eigenvalue weighted by Gasteiger charge is -2.11. The molecule has 0 saturated carbocycles. The largest absolute Gasteiger partial charge is 0.481 e. The van der Waals surface area contributed by atoms with Crippen LogP contribution >= 0.6 is 7.60 Å². The fourth-order valence-electron chi connectivity index (χ4n) is 2.14. The predicted octanol–water partition coefficient (Wildman–Crippen LogP) is 4.98. The Morgan fingerprint density at radius 2 is 1.56 bits per heavy atom. The summed E-state index contributed by atoms with van der Waals surface area (Å²) in [5.74, 6) is -1.48. The van der Waals surface area contributed by atoms with E-state index < -0.39 is 19.2 Å². The maximum absolute atomic E-state index is 11.1. The molecular formula is C19H31O5P. The quantitative estimate of drug-likeness (QED) is 0.271. The van der Waals surface area contributed by atoms with E-state index in [4.69, 9.17) is 14.9 Å². The smallest absolute Gasteiger partial charge is 0.340 e. The van der Waals surface area contributed by atoms with Crippen LogP contribution in [0, 0.1) is 0 Å². The van der Waals surface area contributed by atoms with Crippen molar-refractivity contribution in [3.63, 3.8) is 0 Å². The zero-order valence-corrected chi connectivity index (χ0v) is 16.5. The topological polar surface area (TPSA) is 94.8 Å². The summed E-state index contributed by atoms with van der Waals surface area (Å²) in [7, 11) is -4.62. The second-order valence-corrected chi connectivity index (χ2v) is 8.33. The first-order valence-corrected chi connectivity index (χ1v) is 10.1.